The van der Waals surface area contributed by atoms with Crippen LogP contribution >= 0.6 is 0 Å². The normalized spacial score (nSPS) is 10.9. The standard InChI is InChI=1S/C17H17NO3S/c1-14-5-7-17(8-6-14)21-9-10-22(19,20)13-16-4-2-3-15(11-16)12-18/h2-8,11H,9-10,13H2,1H3. The molecule has 0 heterocycles. The van der Waals surface area contributed by atoms with Crippen LogP contribution < -0.4 is 4.74 Å². The van der Waals surface area contributed by atoms with Crippen LogP contribution in [0.1, 0.15) is 16.7 Å². The molecule has 0 saturated heterocycles. The van der Waals surface area contributed by atoms with Crippen LogP contribution in [0.3, 0.4) is 0 Å². The molecule has 2 aromatic rings. The summed E-state index contributed by atoms with van der Waals surface area (Å²) in [5, 5.41) is 8.83. The topological polar surface area (TPSA) is 67.2 Å². The van der Waals surface area contributed by atoms with E-state index in [0.29, 0.717) is 16.9 Å². The first-order chi connectivity index (χ1) is 10.5. The van der Waals surface area contributed by atoms with E-state index >= 15 is 0 Å². The zero-order chi connectivity index (χ0) is 16.0. The summed E-state index contributed by atoms with van der Waals surface area (Å²) in [4.78, 5) is 0. The maximum Gasteiger partial charge on any atom is 0.157 e. The average Bonchev–Trinajstić information content (AvgIpc) is 2.49. The van der Waals surface area contributed by atoms with E-state index in [1.165, 1.54) is 0 Å². The largest absolute Gasteiger partial charge is 0.493 e. The molecule has 0 atom stereocenters. The first kappa shape index (κ1) is 16.1. The molecule has 0 spiro atoms. The summed E-state index contributed by atoms with van der Waals surface area (Å²) in [6, 6.07) is 16.1. The van der Waals surface area contributed by atoms with Gasteiger partial charge in [0.15, 0.2) is 9.84 Å². The van der Waals surface area contributed by atoms with Crippen molar-refractivity contribution in [2.45, 2.75) is 12.7 Å². The van der Waals surface area contributed by atoms with Gasteiger partial charge in [-0.1, -0.05) is 29.8 Å². The van der Waals surface area contributed by atoms with Crippen LogP contribution in [0.5, 0.6) is 5.75 Å². The zero-order valence-corrected chi connectivity index (χ0v) is 13.1. The molecule has 2 rings (SSSR count). The fourth-order valence-corrected chi connectivity index (χ4v) is 3.15. The Hall–Kier alpha value is -2.32. The summed E-state index contributed by atoms with van der Waals surface area (Å²) in [7, 11) is -3.27. The third-order valence-corrected chi connectivity index (χ3v) is 4.69. The molecule has 0 saturated carbocycles. The van der Waals surface area contributed by atoms with E-state index in [-0.39, 0.29) is 18.1 Å². The van der Waals surface area contributed by atoms with Crippen LogP contribution in [0.2, 0.25) is 0 Å². The molecule has 0 aromatic heterocycles. The molecule has 0 aliphatic carbocycles. The summed E-state index contributed by atoms with van der Waals surface area (Å²) in [5.74, 6) is 0.518. The van der Waals surface area contributed by atoms with Gasteiger partial charge in [0.25, 0.3) is 0 Å². The Morgan fingerprint density at radius 2 is 1.86 bits per heavy atom. The van der Waals surface area contributed by atoms with E-state index in [1.807, 2.05) is 37.3 Å². The van der Waals surface area contributed by atoms with Crippen LogP contribution in [0, 0.1) is 18.3 Å². The minimum Gasteiger partial charge on any atom is -0.493 e. The van der Waals surface area contributed by atoms with Crippen LogP contribution in [0.25, 0.3) is 0 Å². The average molecular weight is 315 g/mol. The minimum absolute atomic E-state index is 0.0579. The third kappa shape index (κ3) is 4.90. The summed E-state index contributed by atoms with van der Waals surface area (Å²) >= 11 is 0. The molecule has 22 heavy (non-hydrogen) atoms. The zero-order valence-electron chi connectivity index (χ0n) is 12.3. The fraction of sp³-hybridized carbons (Fsp3) is 0.235. The molecule has 0 radical (unpaired) electrons. The maximum atomic E-state index is 12.1. The Labute approximate surface area is 130 Å². The minimum atomic E-state index is -3.27. The van der Waals surface area contributed by atoms with Crippen molar-refractivity contribution >= 4 is 9.84 Å². The number of rotatable bonds is 6. The Morgan fingerprint density at radius 3 is 2.55 bits per heavy atom. The Morgan fingerprint density at radius 1 is 1.14 bits per heavy atom. The molecule has 0 aliphatic rings. The number of sulfone groups is 1. The van der Waals surface area contributed by atoms with E-state index in [1.54, 1.807) is 24.3 Å². The molecule has 5 heteroatoms. The monoisotopic (exact) mass is 315 g/mol. The first-order valence-electron chi connectivity index (χ1n) is 6.87. The number of aryl methyl sites for hydroxylation is 1. The lowest BCUT2D eigenvalue weighted by Gasteiger charge is -2.08. The highest BCUT2D eigenvalue weighted by molar-refractivity contribution is 7.90. The van der Waals surface area contributed by atoms with E-state index in [9.17, 15) is 8.42 Å². The van der Waals surface area contributed by atoms with Gasteiger partial charge in [0.05, 0.1) is 23.1 Å². The highest BCUT2D eigenvalue weighted by Gasteiger charge is 2.12. The SMILES string of the molecule is Cc1ccc(OCCS(=O)(=O)Cc2cccc(C#N)c2)cc1. The molecule has 2 aromatic carbocycles. The molecule has 0 bridgehead atoms. The van der Waals surface area contributed by atoms with Gasteiger partial charge in [0.1, 0.15) is 12.4 Å². The predicted molar refractivity (Wildman–Crippen MR) is 85.3 cm³/mol. The third-order valence-electron chi connectivity index (χ3n) is 3.13. The van der Waals surface area contributed by atoms with Crippen LogP contribution in [-0.2, 0) is 15.6 Å². The lowest BCUT2D eigenvalue weighted by atomic mass is 10.2. The van der Waals surface area contributed by atoms with Crippen LogP contribution in [-0.4, -0.2) is 20.8 Å². The molecule has 0 unspecified atom stereocenters. The van der Waals surface area contributed by atoms with Gasteiger partial charge in [-0.15, -0.1) is 0 Å². The second kappa shape index (κ2) is 7.10. The lowest BCUT2D eigenvalue weighted by molar-refractivity contribution is 0.340. The molecule has 4 nitrogen and oxygen atoms in total. The van der Waals surface area contributed by atoms with Crippen molar-refractivity contribution in [3.8, 4) is 11.8 Å². The second-order valence-corrected chi connectivity index (χ2v) is 7.25. The second-order valence-electron chi connectivity index (χ2n) is 5.07. The lowest BCUT2D eigenvalue weighted by Crippen LogP contribution is -2.16. The van der Waals surface area contributed by atoms with Crippen LogP contribution in [0.15, 0.2) is 48.5 Å². The van der Waals surface area contributed by atoms with Gasteiger partial charge in [-0.25, -0.2) is 8.42 Å². The van der Waals surface area contributed by atoms with Gasteiger partial charge in [0, 0.05) is 0 Å². The number of hydrogen-bond acceptors (Lipinski definition) is 4. The van der Waals surface area contributed by atoms with Crippen molar-refractivity contribution in [2.75, 3.05) is 12.4 Å². The Balaban J connectivity index is 1.91. The van der Waals surface area contributed by atoms with Crippen molar-refractivity contribution in [3.63, 3.8) is 0 Å². The van der Waals surface area contributed by atoms with Crippen molar-refractivity contribution < 1.29 is 13.2 Å². The number of benzene rings is 2. The summed E-state index contributed by atoms with van der Waals surface area (Å²) in [6.45, 7) is 2.09. The number of nitrogens with zero attached hydrogens (tertiary/aromatic N) is 1. The van der Waals surface area contributed by atoms with Gasteiger partial charge in [-0.3, -0.25) is 0 Å². The Kier molecular flexibility index (Phi) is 5.18. The van der Waals surface area contributed by atoms with Gasteiger partial charge in [-0.2, -0.15) is 5.26 Å². The summed E-state index contributed by atoms with van der Waals surface area (Å²) in [5.41, 5.74) is 2.20. The van der Waals surface area contributed by atoms with Crippen molar-refractivity contribution in [1.82, 2.24) is 0 Å². The summed E-state index contributed by atoms with van der Waals surface area (Å²) in [6.07, 6.45) is 0. The van der Waals surface area contributed by atoms with Crippen LogP contribution in [0.4, 0.5) is 0 Å². The van der Waals surface area contributed by atoms with Gasteiger partial charge in [-0.05, 0) is 36.8 Å². The predicted octanol–water partition coefficient (Wildman–Crippen LogP) is 2.86. The number of nitriles is 1. The highest BCUT2D eigenvalue weighted by atomic mass is 32.2. The van der Waals surface area contributed by atoms with Crippen molar-refractivity contribution in [3.05, 3.63) is 65.2 Å². The molecular weight excluding hydrogens is 298 g/mol. The maximum absolute atomic E-state index is 12.1. The Bertz CT molecular complexity index is 774. The fourth-order valence-electron chi connectivity index (χ4n) is 1.98. The number of hydrogen-bond donors (Lipinski definition) is 0. The smallest absolute Gasteiger partial charge is 0.157 e. The molecule has 0 amide bonds. The molecule has 114 valence electrons. The van der Waals surface area contributed by atoms with E-state index in [0.717, 1.165) is 5.56 Å². The van der Waals surface area contributed by atoms with Crippen molar-refractivity contribution in [1.29, 1.82) is 5.26 Å². The van der Waals surface area contributed by atoms with E-state index in [4.69, 9.17) is 10.00 Å². The molecule has 0 aliphatic heterocycles. The first-order valence-corrected chi connectivity index (χ1v) is 8.69. The van der Waals surface area contributed by atoms with Gasteiger partial charge in [0.2, 0.25) is 0 Å². The van der Waals surface area contributed by atoms with Gasteiger partial charge >= 0.3 is 0 Å². The molecule has 0 fully saturated rings. The molecule has 0 N–H and O–H groups in total. The van der Waals surface area contributed by atoms with Gasteiger partial charge < -0.3 is 4.74 Å². The highest BCUT2D eigenvalue weighted by Crippen LogP contribution is 2.13. The van der Waals surface area contributed by atoms with E-state index < -0.39 is 9.84 Å². The number of ether oxygens (including phenoxy) is 1. The summed E-state index contributed by atoms with van der Waals surface area (Å²) < 4.78 is 29.6. The quantitative estimate of drug-likeness (QED) is 0.822. The van der Waals surface area contributed by atoms with Crippen molar-refractivity contribution in [2.24, 2.45) is 0 Å². The molecular formula is C17H17NO3S. The van der Waals surface area contributed by atoms with E-state index in [2.05, 4.69) is 0 Å².